The van der Waals surface area contributed by atoms with Crippen LogP contribution in [0.15, 0.2) is 66.7 Å². The lowest BCUT2D eigenvalue weighted by Crippen LogP contribution is -2.57. The van der Waals surface area contributed by atoms with Crippen LogP contribution in [0.3, 0.4) is 0 Å². The van der Waals surface area contributed by atoms with Crippen molar-refractivity contribution >= 4 is 28.5 Å². The zero-order valence-corrected chi connectivity index (χ0v) is 21.8. The molecule has 4 rings (SSSR count). The number of rotatable bonds is 10. The maximum Gasteiger partial charge on any atom is 0.250 e. The summed E-state index contributed by atoms with van der Waals surface area (Å²) in [6.07, 6.45) is 0.308. The van der Waals surface area contributed by atoms with Crippen LogP contribution < -0.4 is 14.8 Å². The lowest BCUT2D eigenvalue weighted by atomic mass is 9.93. The van der Waals surface area contributed by atoms with Gasteiger partial charge in [-0.05, 0) is 55.3 Å². The number of carbonyl (C=O) groups is 2. The number of fused-ring (bicyclic) bond motifs is 1. The molecule has 198 valence electrons. The minimum absolute atomic E-state index is 0.0866. The Hall–Kier alpha value is -4.47. The second kappa shape index (κ2) is 11.3. The highest BCUT2D eigenvalue weighted by Crippen LogP contribution is 2.32. The van der Waals surface area contributed by atoms with E-state index < -0.39 is 11.4 Å². The SMILES string of the molecule is CCC(C)(C(=O)Nc1ccc(OC)cc1OC)N(Cc1ccc(F)cc1)C(=O)Cn1nnc2ccccc21. The highest BCUT2D eigenvalue weighted by Gasteiger charge is 2.41. The van der Waals surface area contributed by atoms with Crippen LogP contribution in [-0.2, 0) is 22.7 Å². The van der Waals surface area contributed by atoms with Crippen LogP contribution in [-0.4, -0.2) is 51.5 Å². The molecule has 0 aliphatic rings. The molecular weight excluding hydrogens is 489 g/mol. The Morgan fingerprint density at radius 2 is 1.79 bits per heavy atom. The van der Waals surface area contributed by atoms with Crippen molar-refractivity contribution in [2.24, 2.45) is 0 Å². The smallest absolute Gasteiger partial charge is 0.250 e. The Morgan fingerprint density at radius 1 is 1.05 bits per heavy atom. The fraction of sp³-hybridized carbons (Fsp3) is 0.286. The highest BCUT2D eigenvalue weighted by atomic mass is 19.1. The number of anilines is 1. The predicted octanol–water partition coefficient (Wildman–Crippen LogP) is 4.42. The van der Waals surface area contributed by atoms with E-state index in [0.29, 0.717) is 40.2 Å². The fourth-order valence-corrected chi connectivity index (χ4v) is 4.19. The summed E-state index contributed by atoms with van der Waals surface area (Å²) >= 11 is 0. The first-order chi connectivity index (χ1) is 18.3. The van der Waals surface area contributed by atoms with E-state index in [9.17, 15) is 14.0 Å². The first-order valence-electron chi connectivity index (χ1n) is 12.2. The predicted molar refractivity (Wildman–Crippen MR) is 141 cm³/mol. The van der Waals surface area contributed by atoms with Gasteiger partial charge in [-0.2, -0.15) is 0 Å². The quantitative estimate of drug-likeness (QED) is 0.333. The van der Waals surface area contributed by atoms with Crippen molar-refractivity contribution in [1.82, 2.24) is 19.9 Å². The molecule has 0 saturated heterocycles. The van der Waals surface area contributed by atoms with Crippen LogP contribution >= 0.6 is 0 Å². The molecule has 1 unspecified atom stereocenters. The normalized spacial score (nSPS) is 12.6. The maximum absolute atomic E-state index is 13.8. The molecule has 10 heteroatoms. The third-order valence-electron chi connectivity index (χ3n) is 6.69. The molecule has 1 N–H and O–H groups in total. The number of benzene rings is 3. The second-order valence-electron chi connectivity index (χ2n) is 8.99. The Morgan fingerprint density at radius 3 is 2.47 bits per heavy atom. The fourth-order valence-electron chi connectivity index (χ4n) is 4.19. The minimum Gasteiger partial charge on any atom is -0.497 e. The third kappa shape index (κ3) is 5.44. The third-order valence-corrected chi connectivity index (χ3v) is 6.69. The summed E-state index contributed by atoms with van der Waals surface area (Å²) < 4.78 is 25.8. The zero-order valence-electron chi connectivity index (χ0n) is 21.8. The molecule has 0 bridgehead atoms. The number of para-hydroxylation sites is 1. The van der Waals surface area contributed by atoms with Gasteiger partial charge in [0.25, 0.3) is 0 Å². The molecule has 4 aromatic rings. The molecule has 3 aromatic carbocycles. The van der Waals surface area contributed by atoms with Crippen molar-refractivity contribution in [2.45, 2.75) is 38.9 Å². The van der Waals surface area contributed by atoms with Gasteiger partial charge in [-0.25, -0.2) is 9.07 Å². The summed E-state index contributed by atoms with van der Waals surface area (Å²) in [6, 6.07) is 18.2. The Bertz CT molecular complexity index is 1440. The minimum atomic E-state index is -1.27. The molecule has 0 aliphatic carbocycles. The van der Waals surface area contributed by atoms with Gasteiger partial charge in [0, 0.05) is 12.6 Å². The number of ether oxygens (including phenoxy) is 2. The van der Waals surface area contributed by atoms with E-state index in [1.807, 2.05) is 31.2 Å². The van der Waals surface area contributed by atoms with Crippen LogP contribution in [0.1, 0.15) is 25.8 Å². The lowest BCUT2D eigenvalue weighted by molar-refractivity contribution is -0.146. The van der Waals surface area contributed by atoms with Gasteiger partial charge in [0.2, 0.25) is 11.8 Å². The number of methoxy groups -OCH3 is 2. The van der Waals surface area contributed by atoms with Gasteiger partial charge in [0.15, 0.2) is 0 Å². The average molecular weight is 520 g/mol. The van der Waals surface area contributed by atoms with Gasteiger partial charge in [0.05, 0.1) is 25.4 Å². The monoisotopic (exact) mass is 519 g/mol. The summed E-state index contributed by atoms with van der Waals surface area (Å²) in [5.41, 5.74) is 1.21. The summed E-state index contributed by atoms with van der Waals surface area (Å²) in [6.45, 7) is 3.50. The number of hydrogen-bond acceptors (Lipinski definition) is 6. The molecule has 0 spiro atoms. The summed E-state index contributed by atoms with van der Waals surface area (Å²) in [7, 11) is 3.04. The summed E-state index contributed by atoms with van der Waals surface area (Å²) in [4.78, 5) is 29.1. The summed E-state index contributed by atoms with van der Waals surface area (Å²) in [5.74, 6) is -0.134. The van der Waals surface area contributed by atoms with Crippen molar-refractivity contribution in [3.63, 3.8) is 0 Å². The molecule has 0 aliphatic heterocycles. The van der Waals surface area contributed by atoms with E-state index in [1.165, 1.54) is 28.8 Å². The van der Waals surface area contributed by atoms with Crippen molar-refractivity contribution in [3.8, 4) is 11.5 Å². The van der Waals surface area contributed by atoms with Crippen molar-refractivity contribution < 1.29 is 23.5 Å². The number of amides is 2. The molecule has 2 amide bonds. The molecule has 1 atom stereocenters. The van der Waals surface area contributed by atoms with E-state index >= 15 is 0 Å². The number of aromatic nitrogens is 3. The van der Waals surface area contributed by atoms with Gasteiger partial charge in [-0.3, -0.25) is 9.59 Å². The standard InChI is InChI=1S/C28H30FN5O4/c1-5-28(2,27(36)30-23-15-14-21(37-3)16-25(23)38-4)33(17-19-10-12-20(29)13-11-19)26(35)18-34-24-9-7-6-8-22(24)31-32-34/h6-16H,5,17-18H2,1-4H3,(H,30,36). The zero-order chi connectivity index (χ0) is 27.3. The Kier molecular flexibility index (Phi) is 7.90. The first kappa shape index (κ1) is 26.6. The second-order valence-corrected chi connectivity index (χ2v) is 8.99. The van der Waals surface area contributed by atoms with E-state index in [1.54, 1.807) is 44.4 Å². The topological polar surface area (TPSA) is 98.6 Å². The van der Waals surface area contributed by atoms with Gasteiger partial charge in [-0.15, -0.1) is 5.10 Å². The average Bonchev–Trinajstić information content (AvgIpc) is 3.34. The number of nitrogens with zero attached hydrogens (tertiary/aromatic N) is 4. The van der Waals surface area contributed by atoms with Crippen molar-refractivity contribution in [1.29, 1.82) is 0 Å². The molecule has 0 saturated carbocycles. The molecule has 9 nitrogen and oxygen atoms in total. The number of nitrogens with one attached hydrogen (secondary N) is 1. The van der Waals surface area contributed by atoms with E-state index in [4.69, 9.17) is 9.47 Å². The number of halogens is 1. The number of carbonyl (C=O) groups excluding carboxylic acids is 2. The van der Waals surface area contributed by atoms with Gasteiger partial charge in [-0.1, -0.05) is 36.4 Å². The first-order valence-corrected chi connectivity index (χ1v) is 12.2. The van der Waals surface area contributed by atoms with E-state index in [-0.39, 0.29) is 24.8 Å². The van der Waals surface area contributed by atoms with E-state index in [2.05, 4.69) is 15.6 Å². The van der Waals surface area contributed by atoms with E-state index in [0.717, 1.165) is 0 Å². The largest absolute Gasteiger partial charge is 0.497 e. The van der Waals surface area contributed by atoms with Crippen LogP contribution in [0.25, 0.3) is 11.0 Å². The van der Waals surface area contributed by atoms with Crippen molar-refractivity contribution in [3.05, 3.63) is 78.1 Å². The lowest BCUT2D eigenvalue weighted by Gasteiger charge is -2.39. The highest BCUT2D eigenvalue weighted by molar-refractivity contribution is 6.01. The summed E-state index contributed by atoms with van der Waals surface area (Å²) in [5, 5.41) is 11.2. The molecule has 38 heavy (non-hydrogen) atoms. The number of hydrogen-bond donors (Lipinski definition) is 1. The van der Waals surface area contributed by atoms with Crippen LogP contribution in [0.2, 0.25) is 0 Å². The molecular formula is C28H30FN5O4. The molecule has 1 heterocycles. The Balaban J connectivity index is 1.68. The van der Waals surface area contributed by atoms with Gasteiger partial charge >= 0.3 is 0 Å². The van der Waals surface area contributed by atoms with Gasteiger partial charge in [0.1, 0.15) is 34.9 Å². The van der Waals surface area contributed by atoms with Gasteiger partial charge < -0.3 is 19.7 Å². The maximum atomic E-state index is 13.8. The molecule has 0 radical (unpaired) electrons. The van der Waals surface area contributed by atoms with Crippen LogP contribution in [0, 0.1) is 5.82 Å². The Labute approximate surface area is 220 Å². The molecule has 0 fully saturated rings. The molecule has 1 aromatic heterocycles. The van der Waals surface area contributed by atoms with Crippen molar-refractivity contribution in [2.75, 3.05) is 19.5 Å². The van der Waals surface area contributed by atoms with Crippen LogP contribution in [0.5, 0.6) is 11.5 Å². The van der Waals surface area contributed by atoms with Crippen LogP contribution in [0.4, 0.5) is 10.1 Å².